The fourth-order valence-electron chi connectivity index (χ4n) is 4.62. The Hall–Kier alpha value is -2.48. The van der Waals surface area contributed by atoms with Crippen LogP contribution in [0.3, 0.4) is 0 Å². The number of nitrogens with zero attached hydrogens (tertiary/aromatic N) is 1. The van der Waals surface area contributed by atoms with Gasteiger partial charge in [-0.2, -0.15) is 0 Å². The standard InChI is InChI=1S/C22H22N2/c1-14-9-10-20-18(12-14)19(13-23-20)17-7-5-11-24-21-8-4-3-6-16(21)15(2)22(17)24/h3-4,6,8-10,12-13,17,23H,5,7,11H2,1-2H3. The van der Waals surface area contributed by atoms with E-state index < -0.39 is 0 Å². The fraction of sp³-hybridized carbons (Fsp3) is 0.273. The van der Waals surface area contributed by atoms with Crippen LogP contribution in [0.1, 0.15) is 41.1 Å². The normalized spacial score (nSPS) is 17.5. The quantitative estimate of drug-likeness (QED) is 0.467. The van der Waals surface area contributed by atoms with Crippen LogP contribution in [0.4, 0.5) is 0 Å². The van der Waals surface area contributed by atoms with Crippen LogP contribution in [0, 0.1) is 13.8 Å². The van der Waals surface area contributed by atoms with Crippen molar-refractivity contribution in [1.29, 1.82) is 0 Å². The van der Waals surface area contributed by atoms with Crippen molar-refractivity contribution in [2.24, 2.45) is 0 Å². The van der Waals surface area contributed by atoms with Crippen molar-refractivity contribution in [2.45, 2.75) is 39.2 Å². The highest BCUT2D eigenvalue weighted by atomic mass is 15.0. The van der Waals surface area contributed by atoms with Gasteiger partial charge in [0, 0.05) is 46.2 Å². The molecule has 120 valence electrons. The van der Waals surface area contributed by atoms with Gasteiger partial charge in [-0.05, 0) is 56.0 Å². The topological polar surface area (TPSA) is 20.7 Å². The SMILES string of the molecule is Cc1ccc2[nH]cc(C3CCCn4c3c(C)c3ccccc34)c2c1. The summed E-state index contributed by atoms with van der Waals surface area (Å²) >= 11 is 0. The minimum atomic E-state index is 0.488. The first-order valence-electron chi connectivity index (χ1n) is 8.89. The maximum Gasteiger partial charge on any atom is 0.0485 e. The van der Waals surface area contributed by atoms with Crippen LogP contribution in [0.15, 0.2) is 48.7 Å². The molecule has 0 spiro atoms. The van der Waals surface area contributed by atoms with Crippen molar-refractivity contribution < 1.29 is 0 Å². The Kier molecular flexibility index (Phi) is 2.90. The molecule has 0 radical (unpaired) electrons. The number of benzene rings is 2. The zero-order valence-electron chi connectivity index (χ0n) is 14.3. The third kappa shape index (κ3) is 1.83. The molecule has 0 fully saturated rings. The van der Waals surface area contributed by atoms with Gasteiger partial charge in [0.25, 0.3) is 0 Å². The Morgan fingerprint density at radius 2 is 1.92 bits per heavy atom. The average molecular weight is 314 g/mol. The van der Waals surface area contributed by atoms with Crippen molar-refractivity contribution in [3.63, 3.8) is 0 Å². The number of hydrogen-bond acceptors (Lipinski definition) is 0. The predicted octanol–water partition coefficient (Wildman–Crippen LogP) is 5.67. The van der Waals surface area contributed by atoms with E-state index in [9.17, 15) is 0 Å². The van der Waals surface area contributed by atoms with Crippen molar-refractivity contribution in [1.82, 2.24) is 9.55 Å². The summed E-state index contributed by atoms with van der Waals surface area (Å²) in [6.07, 6.45) is 4.72. The van der Waals surface area contributed by atoms with Gasteiger partial charge in [0.15, 0.2) is 0 Å². The van der Waals surface area contributed by atoms with E-state index in [0.29, 0.717) is 5.92 Å². The fourth-order valence-corrected chi connectivity index (χ4v) is 4.62. The van der Waals surface area contributed by atoms with Gasteiger partial charge in [0.05, 0.1) is 0 Å². The minimum Gasteiger partial charge on any atom is -0.361 e. The number of aryl methyl sites for hydroxylation is 3. The summed E-state index contributed by atoms with van der Waals surface area (Å²) in [5.74, 6) is 0.488. The molecule has 0 bridgehead atoms. The van der Waals surface area contributed by atoms with E-state index in [2.05, 4.69) is 72.1 Å². The second-order valence-corrected chi connectivity index (χ2v) is 7.17. The molecule has 1 atom stereocenters. The Morgan fingerprint density at radius 1 is 1.04 bits per heavy atom. The lowest BCUT2D eigenvalue weighted by Crippen LogP contribution is -2.16. The molecule has 1 N–H and O–H groups in total. The molecule has 2 nitrogen and oxygen atoms in total. The molecule has 1 unspecified atom stereocenters. The summed E-state index contributed by atoms with van der Waals surface area (Å²) in [7, 11) is 0. The van der Waals surface area contributed by atoms with E-state index in [4.69, 9.17) is 0 Å². The van der Waals surface area contributed by atoms with Crippen LogP contribution in [-0.2, 0) is 6.54 Å². The number of aromatic nitrogens is 2. The van der Waals surface area contributed by atoms with Crippen molar-refractivity contribution in [3.8, 4) is 0 Å². The molecule has 2 heteroatoms. The molecular weight excluding hydrogens is 292 g/mol. The largest absolute Gasteiger partial charge is 0.361 e. The van der Waals surface area contributed by atoms with E-state index >= 15 is 0 Å². The monoisotopic (exact) mass is 314 g/mol. The lowest BCUT2D eigenvalue weighted by molar-refractivity contribution is 0.500. The van der Waals surface area contributed by atoms with E-state index in [-0.39, 0.29) is 0 Å². The van der Waals surface area contributed by atoms with Gasteiger partial charge in [0.2, 0.25) is 0 Å². The zero-order chi connectivity index (χ0) is 16.3. The zero-order valence-corrected chi connectivity index (χ0v) is 14.3. The molecule has 2 aromatic carbocycles. The number of rotatable bonds is 1. The highest BCUT2D eigenvalue weighted by Crippen LogP contribution is 2.42. The average Bonchev–Trinajstić information content (AvgIpc) is 3.15. The first-order chi connectivity index (χ1) is 11.7. The molecule has 4 aromatic rings. The van der Waals surface area contributed by atoms with Crippen molar-refractivity contribution in [2.75, 3.05) is 0 Å². The molecule has 1 aliphatic rings. The number of nitrogens with one attached hydrogen (secondary N) is 1. The predicted molar refractivity (Wildman–Crippen MR) is 101 cm³/mol. The lowest BCUT2D eigenvalue weighted by Gasteiger charge is -2.26. The molecule has 0 saturated heterocycles. The van der Waals surface area contributed by atoms with E-state index in [1.807, 2.05) is 0 Å². The van der Waals surface area contributed by atoms with Crippen LogP contribution in [0.25, 0.3) is 21.8 Å². The smallest absolute Gasteiger partial charge is 0.0485 e. The van der Waals surface area contributed by atoms with Gasteiger partial charge in [-0.15, -0.1) is 0 Å². The number of fused-ring (bicyclic) bond motifs is 4. The molecule has 1 aliphatic heterocycles. The number of para-hydroxylation sites is 1. The van der Waals surface area contributed by atoms with E-state index in [1.165, 1.54) is 57.0 Å². The second kappa shape index (κ2) is 5.01. The number of H-pyrrole nitrogens is 1. The van der Waals surface area contributed by atoms with Crippen LogP contribution < -0.4 is 0 Å². The summed E-state index contributed by atoms with van der Waals surface area (Å²) in [5.41, 5.74) is 8.41. The molecule has 0 amide bonds. The second-order valence-electron chi connectivity index (χ2n) is 7.17. The third-order valence-electron chi connectivity index (χ3n) is 5.72. The van der Waals surface area contributed by atoms with Gasteiger partial charge < -0.3 is 9.55 Å². The van der Waals surface area contributed by atoms with Crippen molar-refractivity contribution in [3.05, 3.63) is 71.0 Å². The molecule has 3 heterocycles. The first-order valence-corrected chi connectivity index (χ1v) is 8.89. The summed E-state index contributed by atoms with van der Waals surface area (Å²) in [4.78, 5) is 3.49. The van der Waals surface area contributed by atoms with Crippen molar-refractivity contribution >= 4 is 21.8 Å². The van der Waals surface area contributed by atoms with E-state index in [0.717, 1.165) is 6.54 Å². The summed E-state index contributed by atoms with van der Waals surface area (Å²) < 4.78 is 2.56. The maximum atomic E-state index is 3.49. The first kappa shape index (κ1) is 13.9. The van der Waals surface area contributed by atoms with Crippen LogP contribution in [0.5, 0.6) is 0 Å². The van der Waals surface area contributed by atoms with Gasteiger partial charge in [-0.3, -0.25) is 0 Å². The number of aromatic amines is 1. The Labute approximate surface area is 142 Å². The highest BCUT2D eigenvalue weighted by Gasteiger charge is 2.28. The molecule has 0 saturated carbocycles. The maximum absolute atomic E-state index is 3.49. The Balaban J connectivity index is 1.78. The summed E-state index contributed by atoms with van der Waals surface area (Å²) in [6, 6.07) is 15.6. The molecule has 24 heavy (non-hydrogen) atoms. The summed E-state index contributed by atoms with van der Waals surface area (Å²) in [6.45, 7) is 5.62. The molecule has 5 rings (SSSR count). The Bertz CT molecular complexity index is 1060. The molecular formula is C22H22N2. The molecule has 0 aliphatic carbocycles. The number of hydrogen-bond donors (Lipinski definition) is 1. The Morgan fingerprint density at radius 3 is 2.83 bits per heavy atom. The summed E-state index contributed by atoms with van der Waals surface area (Å²) in [5, 5.41) is 2.80. The lowest BCUT2D eigenvalue weighted by atomic mass is 9.86. The minimum absolute atomic E-state index is 0.488. The van der Waals surface area contributed by atoms with Gasteiger partial charge >= 0.3 is 0 Å². The molecule has 2 aromatic heterocycles. The van der Waals surface area contributed by atoms with Gasteiger partial charge in [-0.25, -0.2) is 0 Å². The highest BCUT2D eigenvalue weighted by molar-refractivity contribution is 5.88. The third-order valence-corrected chi connectivity index (χ3v) is 5.72. The van der Waals surface area contributed by atoms with Gasteiger partial charge in [-0.1, -0.05) is 29.8 Å². The van der Waals surface area contributed by atoms with Crippen LogP contribution in [-0.4, -0.2) is 9.55 Å². The van der Waals surface area contributed by atoms with Gasteiger partial charge in [0.1, 0.15) is 0 Å². The van der Waals surface area contributed by atoms with Crippen LogP contribution in [0.2, 0.25) is 0 Å². The van der Waals surface area contributed by atoms with Crippen LogP contribution >= 0.6 is 0 Å². The van der Waals surface area contributed by atoms with E-state index in [1.54, 1.807) is 0 Å².